The van der Waals surface area contributed by atoms with Gasteiger partial charge in [-0.15, -0.1) is 0 Å². The highest BCUT2D eigenvalue weighted by molar-refractivity contribution is 7.89. The lowest BCUT2D eigenvalue weighted by Gasteiger charge is -2.48. The molecular formula is C20H29ClN2O3S. The number of carbonyl (C=O) groups is 1. The Balaban J connectivity index is 1.59. The number of nitrogens with one attached hydrogen (secondary N) is 2. The van der Waals surface area contributed by atoms with E-state index in [0.29, 0.717) is 23.6 Å². The SMILES string of the molecule is CCCS(=O)(=O)NC1CC(CNC(=O)c2ccc(C)cc2Cl)(CC2CC2)C1. The van der Waals surface area contributed by atoms with Crippen LogP contribution in [0.15, 0.2) is 18.2 Å². The zero-order valence-electron chi connectivity index (χ0n) is 16.1. The molecule has 2 saturated carbocycles. The van der Waals surface area contributed by atoms with Gasteiger partial charge in [-0.3, -0.25) is 4.79 Å². The van der Waals surface area contributed by atoms with Crippen molar-refractivity contribution in [2.75, 3.05) is 12.3 Å². The average molecular weight is 413 g/mol. The van der Waals surface area contributed by atoms with E-state index in [1.54, 1.807) is 12.1 Å². The minimum atomic E-state index is -3.19. The standard InChI is InChI=1S/C20H29ClN2O3S/c1-3-8-27(25,26)23-16-11-20(12-16,10-15-5-6-15)13-22-19(24)17-7-4-14(2)9-18(17)21/h4,7,9,15-16,23H,3,5-6,8,10-13H2,1-2H3,(H,22,24). The van der Waals surface area contributed by atoms with Gasteiger partial charge in [0.05, 0.1) is 16.3 Å². The van der Waals surface area contributed by atoms with E-state index in [2.05, 4.69) is 10.0 Å². The lowest BCUT2D eigenvalue weighted by atomic mass is 9.63. The number of hydrogen-bond donors (Lipinski definition) is 2. The molecular weight excluding hydrogens is 384 g/mol. The number of benzene rings is 1. The third-order valence-electron chi connectivity index (χ3n) is 5.59. The minimum Gasteiger partial charge on any atom is -0.351 e. The number of hydrogen-bond acceptors (Lipinski definition) is 3. The molecule has 2 N–H and O–H groups in total. The Morgan fingerprint density at radius 2 is 2.00 bits per heavy atom. The van der Waals surface area contributed by atoms with Crippen LogP contribution in [-0.4, -0.2) is 32.7 Å². The van der Waals surface area contributed by atoms with E-state index in [9.17, 15) is 13.2 Å². The lowest BCUT2D eigenvalue weighted by molar-refractivity contribution is 0.0661. The van der Waals surface area contributed by atoms with Crippen molar-refractivity contribution in [2.45, 2.75) is 58.4 Å². The van der Waals surface area contributed by atoms with Crippen LogP contribution >= 0.6 is 11.6 Å². The molecule has 0 saturated heterocycles. The maximum absolute atomic E-state index is 12.6. The Morgan fingerprint density at radius 3 is 2.59 bits per heavy atom. The van der Waals surface area contributed by atoms with Gasteiger partial charge in [-0.1, -0.05) is 37.4 Å². The van der Waals surface area contributed by atoms with Gasteiger partial charge in [0.2, 0.25) is 10.0 Å². The molecule has 0 atom stereocenters. The Kier molecular flexibility index (Phi) is 6.18. The molecule has 2 fully saturated rings. The third kappa shape index (κ3) is 5.46. The largest absolute Gasteiger partial charge is 0.351 e. The van der Waals surface area contributed by atoms with Gasteiger partial charge in [-0.2, -0.15) is 0 Å². The number of rotatable bonds is 9. The second-order valence-electron chi connectivity index (χ2n) is 8.36. The molecule has 2 aliphatic rings. The van der Waals surface area contributed by atoms with E-state index < -0.39 is 10.0 Å². The average Bonchev–Trinajstić information content (AvgIpc) is 3.34. The Hall–Kier alpha value is -1.11. The van der Waals surface area contributed by atoms with Crippen molar-refractivity contribution in [3.8, 4) is 0 Å². The summed E-state index contributed by atoms with van der Waals surface area (Å²) in [5, 5.41) is 3.50. The van der Waals surface area contributed by atoms with Gasteiger partial charge in [0.15, 0.2) is 0 Å². The molecule has 0 spiro atoms. The van der Waals surface area contributed by atoms with Crippen LogP contribution in [0.2, 0.25) is 5.02 Å². The topological polar surface area (TPSA) is 75.3 Å². The molecule has 0 aromatic heterocycles. The van der Waals surface area contributed by atoms with Crippen LogP contribution in [0.3, 0.4) is 0 Å². The van der Waals surface area contributed by atoms with Crippen LogP contribution in [0.5, 0.6) is 0 Å². The zero-order chi connectivity index (χ0) is 19.7. The molecule has 5 nitrogen and oxygen atoms in total. The first-order valence-electron chi connectivity index (χ1n) is 9.76. The van der Waals surface area contributed by atoms with Crippen molar-refractivity contribution in [1.82, 2.24) is 10.0 Å². The first-order chi connectivity index (χ1) is 12.7. The summed E-state index contributed by atoms with van der Waals surface area (Å²) in [5.41, 5.74) is 1.50. The fourth-order valence-electron chi connectivity index (χ4n) is 4.14. The molecule has 0 aliphatic heterocycles. The summed E-state index contributed by atoms with van der Waals surface area (Å²) < 4.78 is 26.8. The first-order valence-corrected chi connectivity index (χ1v) is 11.8. The molecule has 0 heterocycles. The molecule has 0 radical (unpaired) electrons. The Bertz CT molecular complexity index is 799. The molecule has 1 amide bonds. The second-order valence-corrected chi connectivity index (χ2v) is 10.6. The van der Waals surface area contributed by atoms with Gasteiger partial charge in [-0.05, 0) is 61.6 Å². The number of aryl methyl sites for hydroxylation is 1. The van der Waals surface area contributed by atoms with Crippen LogP contribution in [0.4, 0.5) is 0 Å². The van der Waals surface area contributed by atoms with E-state index in [-0.39, 0.29) is 23.1 Å². The van der Waals surface area contributed by atoms with Gasteiger partial charge in [0.25, 0.3) is 5.91 Å². The summed E-state index contributed by atoms with van der Waals surface area (Å²) in [7, 11) is -3.19. The maximum atomic E-state index is 12.6. The van der Waals surface area contributed by atoms with Crippen molar-refractivity contribution < 1.29 is 13.2 Å². The van der Waals surface area contributed by atoms with Crippen molar-refractivity contribution in [3.05, 3.63) is 34.3 Å². The van der Waals surface area contributed by atoms with Crippen LogP contribution in [-0.2, 0) is 10.0 Å². The van der Waals surface area contributed by atoms with Crippen LogP contribution in [0.1, 0.15) is 61.4 Å². The molecule has 0 bridgehead atoms. The monoisotopic (exact) mass is 412 g/mol. The Morgan fingerprint density at radius 1 is 1.30 bits per heavy atom. The van der Waals surface area contributed by atoms with E-state index in [0.717, 1.165) is 30.7 Å². The molecule has 27 heavy (non-hydrogen) atoms. The first kappa shape index (κ1) is 20.6. The lowest BCUT2D eigenvalue weighted by Crippen LogP contribution is -2.55. The predicted molar refractivity (Wildman–Crippen MR) is 109 cm³/mol. The summed E-state index contributed by atoms with van der Waals surface area (Å²) >= 11 is 6.20. The van der Waals surface area contributed by atoms with E-state index in [1.807, 2.05) is 19.9 Å². The third-order valence-corrected chi connectivity index (χ3v) is 7.54. The van der Waals surface area contributed by atoms with E-state index >= 15 is 0 Å². The molecule has 1 aromatic rings. The van der Waals surface area contributed by atoms with E-state index in [4.69, 9.17) is 11.6 Å². The number of carbonyl (C=O) groups excluding carboxylic acids is 1. The van der Waals surface area contributed by atoms with Gasteiger partial charge in [-0.25, -0.2) is 13.1 Å². The number of sulfonamides is 1. The van der Waals surface area contributed by atoms with Crippen molar-refractivity contribution >= 4 is 27.5 Å². The fraction of sp³-hybridized carbons (Fsp3) is 0.650. The highest BCUT2D eigenvalue weighted by atomic mass is 35.5. The predicted octanol–water partition coefficient (Wildman–Crippen LogP) is 3.66. The molecule has 150 valence electrons. The smallest absolute Gasteiger partial charge is 0.252 e. The molecule has 1 aromatic carbocycles. The number of amides is 1. The second kappa shape index (κ2) is 8.10. The normalized spacial score (nSPS) is 25.1. The van der Waals surface area contributed by atoms with Crippen LogP contribution in [0, 0.1) is 18.3 Å². The minimum absolute atomic E-state index is 0.00655. The van der Waals surface area contributed by atoms with Gasteiger partial charge < -0.3 is 5.32 Å². The number of halogens is 1. The molecule has 7 heteroatoms. The highest BCUT2D eigenvalue weighted by Gasteiger charge is 2.48. The summed E-state index contributed by atoms with van der Waals surface area (Å²) in [6.45, 7) is 4.37. The van der Waals surface area contributed by atoms with Crippen LogP contribution < -0.4 is 10.0 Å². The molecule has 3 rings (SSSR count). The molecule has 2 aliphatic carbocycles. The van der Waals surface area contributed by atoms with Gasteiger partial charge >= 0.3 is 0 Å². The summed E-state index contributed by atoms with van der Waals surface area (Å²) in [5.74, 6) is 0.727. The summed E-state index contributed by atoms with van der Waals surface area (Å²) in [6.07, 6.45) is 5.73. The van der Waals surface area contributed by atoms with Gasteiger partial charge in [0.1, 0.15) is 0 Å². The Labute approximate surface area is 167 Å². The molecule has 0 unspecified atom stereocenters. The maximum Gasteiger partial charge on any atom is 0.252 e. The van der Waals surface area contributed by atoms with E-state index in [1.165, 1.54) is 12.8 Å². The van der Waals surface area contributed by atoms with Crippen molar-refractivity contribution in [1.29, 1.82) is 0 Å². The van der Waals surface area contributed by atoms with Crippen molar-refractivity contribution in [2.24, 2.45) is 11.3 Å². The summed E-state index contributed by atoms with van der Waals surface area (Å²) in [4.78, 5) is 12.6. The fourth-order valence-corrected chi connectivity index (χ4v) is 5.79. The zero-order valence-corrected chi connectivity index (χ0v) is 17.6. The quantitative estimate of drug-likeness (QED) is 0.649. The highest BCUT2D eigenvalue weighted by Crippen LogP contribution is 2.51. The van der Waals surface area contributed by atoms with Crippen LogP contribution in [0.25, 0.3) is 0 Å². The van der Waals surface area contributed by atoms with Gasteiger partial charge in [0, 0.05) is 12.6 Å². The summed E-state index contributed by atoms with van der Waals surface area (Å²) in [6, 6.07) is 5.41. The van der Waals surface area contributed by atoms with Crippen molar-refractivity contribution in [3.63, 3.8) is 0 Å².